The molecule has 0 heterocycles. The highest BCUT2D eigenvalue weighted by Gasteiger charge is 2.12. The van der Waals surface area contributed by atoms with Crippen LogP contribution in [0.5, 0.6) is 0 Å². The number of methoxy groups -OCH3 is 1. The molecule has 102 valence electrons. The van der Waals surface area contributed by atoms with Gasteiger partial charge in [0.05, 0.1) is 6.61 Å². The van der Waals surface area contributed by atoms with Crippen LogP contribution in [0.4, 0.5) is 5.69 Å². The second-order valence-corrected chi connectivity index (χ2v) is 4.73. The second kappa shape index (κ2) is 8.11. The largest absolute Gasteiger partial charge is 0.399 e. The number of ether oxygens (including phenoxy) is 1. The molecule has 0 bridgehead atoms. The van der Waals surface area contributed by atoms with E-state index in [1.807, 2.05) is 12.1 Å². The first-order chi connectivity index (χ1) is 8.69. The minimum absolute atomic E-state index is 0.588. The van der Waals surface area contributed by atoms with Crippen LogP contribution in [0.1, 0.15) is 25.8 Å². The van der Waals surface area contributed by atoms with E-state index in [1.54, 1.807) is 7.11 Å². The molecule has 1 atom stereocenters. The number of benzene rings is 1. The van der Waals surface area contributed by atoms with Crippen LogP contribution < -0.4 is 5.73 Å². The fraction of sp³-hybridized carbons (Fsp3) is 0.600. The van der Waals surface area contributed by atoms with Crippen LogP contribution in [0.3, 0.4) is 0 Å². The molecule has 0 amide bonds. The molecule has 0 aliphatic carbocycles. The van der Waals surface area contributed by atoms with Crippen molar-refractivity contribution < 1.29 is 4.74 Å². The molecule has 3 heteroatoms. The van der Waals surface area contributed by atoms with Gasteiger partial charge in [0.15, 0.2) is 0 Å². The molecular weight excluding hydrogens is 224 g/mol. The van der Waals surface area contributed by atoms with E-state index < -0.39 is 0 Å². The van der Waals surface area contributed by atoms with Crippen molar-refractivity contribution in [2.75, 3.05) is 32.5 Å². The zero-order chi connectivity index (χ0) is 13.4. The van der Waals surface area contributed by atoms with E-state index in [0.717, 1.165) is 38.2 Å². The lowest BCUT2D eigenvalue weighted by Crippen LogP contribution is -2.37. The minimum Gasteiger partial charge on any atom is -0.399 e. The van der Waals surface area contributed by atoms with Crippen LogP contribution in [-0.2, 0) is 11.2 Å². The highest BCUT2D eigenvalue weighted by molar-refractivity contribution is 5.46. The Morgan fingerprint density at radius 1 is 1.28 bits per heavy atom. The highest BCUT2D eigenvalue weighted by Crippen LogP contribution is 2.13. The first-order valence-corrected chi connectivity index (χ1v) is 6.75. The summed E-state index contributed by atoms with van der Waals surface area (Å²) >= 11 is 0. The Morgan fingerprint density at radius 2 is 2.00 bits per heavy atom. The molecule has 0 saturated carbocycles. The van der Waals surface area contributed by atoms with Gasteiger partial charge in [0.2, 0.25) is 0 Å². The normalized spacial score (nSPS) is 12.9. The van der Waals surface area contributed by atoms with Gasteiger partial charge in [-0.1, -0.05) is 25.1 Å². The number of nitrogens with zero attached hydrogens (tertiary/aromatic N) is 1. The lowest BCUT2D eigenvalue weighted by Gasteiger charge is -2.28. The predicted octanol–water partition coefficient (Wildman–Crippen LogP) is 2.56. The number of hydrogen-bond donors (Lipinski definition) is 1. The van der Waals surface area contributed by atoms with Crippen molar-refractivity contribution in [1.82, 2.24) is 4.90 Å². The summed E-state index contributed by atoms with van der Waals surface area (Å²) < 4.78 is 5.18. The summed E-state index contributed by atoms with van der Waals surface area (Å²) in [4.78, 5) is 2.47. The smallest absolute Gasteiger partial charge is 0.0589 e. The fourth-order valence-electron chi connectivity index (χ4n) is 2.05. The Kier molecular flexibility index (Phi) is 6.76. The molecule has 0 saturated heterocycles. The molecule has 1 aromatic rings. The third kappa shape index (κ3) is 4.67. The van der Waals surface area contributed by atoms with Gasteiger partial charge in [-0.25, -0.2) is 0 Å². The van der Waals surface area contributed by atoms with Crippen molar-refractivity contribution in [2.45, 2.75) is 32.7 Å². The summed E-state index contributed by atoms with van der Waals surface area (Å²) in [6.07, 6.45) is 2.16. The van der Waals surface area contributed by atoms with Gasteiger partial charge in [0, 0.05) is 31.9 Å². The van der Waals surface area contributed by atoms with E-state index in [2.05, 4.69) is 30.9 Å². The van der Waals surface area contributed by atoms with Crippen molar-refractivity contribution >= 4 is 5.69 Å². The summed E-state index contributed by atoms with van der Waals surface area (Å²) in [6.45, 7) is 7.30. The number of hydrogen-bond acceptors (Lipinski definition) is 3. The topological polar surface area (TPSA) is 38.5 Å². The van der Waals surface area contributed by atoms with Crippen molar-refractivity contribution in [3.63, 3.8) is 0 Å². The van der Waals surface area contributed by atoms with E-state index in [-0.39, 0.29) is 0 Å². The van der Waals surface area contributed by atoms with Gasteiger partial charge in [0.25, 0.3) is 0 Å². The van der Waals surface area contributed by atoms with Crippen molar-refractivity contribution in [2.24, 2.45) is 0 Å². The van der Waals surface area contributed by atoms with Crippen molar-refractivity contribution in [3.8, 4) is 0 Å². The molecular formula is C15H26N2O. The molecule has 1 rings (SSSR count). The Hall–Kier alpha value is -1.06. The first-order valence-electron chi connectivity index (χ1n) is 6.75. The average molecular weight is 250 g/mol. The van der Waals surface area contributed by atoms with Crippen LogP contribution in [0.2, 0.25) is 0 Å². The van der Waals surface area contributed by atoms with Crippen molar-refractivity contribution in [3.05, 3.63) is 29.8 Å². The van der Waals surface area contributed by atoms with Crippen LogP contribution in [0.15, 0.2) is 24.3 Å². The van der Waals surface area contributed by atoms with Gasteiger partial charge in [-0.05, 0) is 31.4 Å². The second-order valence-electron chi connectivity index (χ2n) is 4.73. The first kappa shape index (κ1) is 15.0. The monoisotopic (exact) mass is 250 g/mol. The van der Waals surface area contributed by atoms with E-state index >= 15 is 0 Å². The summed E-state index contributed by atoms with van der Waals surface area (Å²) in [5, 5.41) is 0. The van der Waals surface area contributed by atoms with E-state index in [1.165, 1.54) is 5.56 Å². The van der Waals surface area contributed by atoms with Gasteiger partial charge >= 0.3 is 0 Å². The quantitative estimate of drug-likeness (QED) is 0.721. The summed E-state index contributed by atoms with van der Waals surface area (Å²) in [6, 6.07) is 8.70. The number of anilines is 1. The molecule has 0 aliphatic heterocycles. The average Bonchev–Trinajstić information content (AvgIpc) is 2.40. The molecule has 0 aromatic heterocycles. The van der Waals surface area contributed by atoms with Gasteiger partial charge in [-0.2, -0.15) is 0 Å². The Bertz CT molecular complexity index is 341. The summed E-state index contributed by atoms with van der Waals surface area (Å²) in [5.74, 6) is 0. The van der Waals surface area contributed by atoms with Crippen LogP contribution in [-0.4, -0.2) is 37.7 Å². The number of nitrogens with two attached hydrogens (primary N) is 1. The van der Waals surface area contributed by atoms with Crippen molar-refractivity contribution in [1.29, 1.82) is 0 Å². The molecule has 0 radical (unpaired) electrons. The molecule has 3 nitrogen and oxygen atoms in total. The predicted molar refractivity (Wildman–Crippen MR) is 77.8 cm³/mol. The lowest BCUT2D eigenvalue weighted by molar-refractivity contribution is 0.124. The number of para-hydroxylation sites is 1. The maximum absolute atomic E-state index is 5.97. The molecule has 0 aliphatic rings. The highest BCUT2D eigenvalue weighted by atomic mass is 16.5. The van der Waals surface area contributed by atoms with Gasteiger partial charge in [-0.3, -0.25) is 4.90 Å². The Balaban J connectivity index is 2.53. The van der Waals surface area contributed by atoms with Gasteiger partial charge in [0.1, 0.15) is 0 Å². The zero-order valence-electron chi connectivity index (χ0n) is 11.9. The fourth-order valence-corrected chi connectivity index (χ4v) is 2.05. The minimum atomic E-state index is 0.588. The molecule has 1 aromatic carbocycles. The molecule has 18 heavy (non-hydrogen) atoms. The molecule has 0 spiro atoms. The van der Waals surface area contributed by atoms with Crippen LogP contribution in [0.25, 0.3) is 0 Å². The SMILES string of the molecule is CCC(C)N(CCOC)CCc1ccccc1N. The number of rotatable bonds is 8. The Morgan fingerprint density at radius 3 is 2.61 bits per heavy atom. The van der Waals surface area contributed by atoms with Gasteiger partial charge in [-0.15, -0.1) is 0 Å². The van der Waals surface area contributed by atoms with E-state index in [4.69, 9.17) is 10.5 Å². The standard InChI is InChI=1S/C15H26N2O/c1-4-13(2)17(11-12-18-3)10-9-14-7-5-6-8-15(14)16/h5-8,13H,4,9-12,16H2,1-3H3. The zero-order valence-corrected chi connectivity index (χ0v) is 11.9. The Labute approximate surface area is 111 Å². The third-order valence-electron chi connectivity index (χ3n) is 3.52. The van der Waals surface area contributed by atoms with E-state index in [9.17, 15) is 0 Å². The third-order valence-corrected chi connectivity index (χ3v) is 3.52. The van der Waals surface area contributed by atoms with E-state index in [0.29, 0.717) is 6.04 Å². The number of nitrogen functional groups attached to an aromatic ring is 1. The maximum atomic E-state index is 5.97. The van der Waals surface area contributed by atoms with Gasteiger partial charge < -0.3 is 10.5 Å². The van der Waals surface area contributed by atoms with Crippen LogP contribution >= 0.6 is 0 Å². The molecule has 0 fully saturated rings. The summed E-state index contributed by atoms with van der Waals surface area (Å²) in [7, 11) is 1.75. The summed E-state index contributed by atoms with van der Waals surface area (Å²) in [5.41, 5.74) is 8.11. The molecule has 2 N–H and O–H groups in total. The lowest BCUT2D eigenvalue weighted by atomic mass is 10.1. The molecule has 1 unspecified atom stereocenters. The van der Waals surface area contributed by atoms with Crippen LogP contribution in [0, 0.1) is 0 Å². The maximum Gasteiger partial charge on any atom is 0.0589 e.